The average molecular weight is 411 g/mol. The average Bonchev–Trinajstić information content (AvgIpc) is 2.86. The van der Waals surface area contributed by atoms with Gasteiger partial charge < -0.3 is 15.4 Å². The quantitative estimate of drug-likeness (QED) is 0.734. The second-order valence-corrected chi connectivity index (χ2v) is 6.02. The van der Waals surface area contributed by atoms with Gasteiger partial charge in [0.2, 0.25) is 5.91 Å². The number of halogens is 2. The van der Waals surface area contributed by atoms with Gasteiger partial charge in [0.05, 0.1) is 12.6 Å². The van der Waals surface area contributed by atoms with Crippen molar-refractivity contribution in [3.8, 4) is 0 Å². The van der Waals surface area contributed by atoms with Crippen LogP contribution in [-0.4, -0.2) is 31.7 Å². The molecule has 1 amide bonds. The Morgan fingerprint density at radius 1 is 1.50 bits per heavy atom. The molecule has 4 nitrogen and oxygen atoms in total. The molecule has 6 heteroatoms. The zero-order valence-electron chi connectivity index (χ0n) is 11.4. The van der Waals surface area contributed by atoms with Crippen molar-refractivity contribution in [1.29, 1.82) is 0 Å². The zero-order valence-corrected chi connectivity index (χ0v) is 14.4. The number of anilines is 1. The summed E-state index contributed by atoms with van der Waals surface area (Å²) in [7, 11) is 0. The van der Waals surface area contributed by atoms with Crippen LogP contribution in [0.25, 0.3) is 0 Å². The van der Waals surface area contributed by atoms with Crippen LogP contribution in [0.15, 0.2) is 18.2 Å². The first-order valence-corrected chi connectivity index (χ1v) is 7.61. The third kappa shape index (κ3) is 5.55. The highest BCUT2D eigenvalue weighted by Crippen LogP contribution is 2.17. The SMILES string of the molecule is Cc1cc(I)ccc1NC(=O)CNCC1CCCO1.Cl. The third-order valence-corrected chi connectivity index (χ3v) is 3.82. The predicted octanol–water partition coefficient (Wildman–Crippen LogP) is 2.73. The molecule has 1 unspecified atom stereocenters. The van der Waals surface area contributed by atoms with Gasteiger partial charge in [-0.15, -0.1) is 12.4 Å². The Morgan fingerprint density at radius 2 is 2.30 bits per heavy atom. The van der Waals surface area contributed by atoms with Gasteiger partial charge in [0, 0.05) is 22.4 Å². The summed E-state index contributed by atoms with van der Waals surface area (Å²) in [6.07, 6.45) is 2.48. The number of carbonyl (C=O) groups excluding carboxylic acids is 1. The van der Waals surface area contributed by atoms with Gasteiger partial charge in [-0.3, -0.25) is 4.79 Å². The van der Waals surface area contributed by atoms with Crippen LogP contribution in [0.2, 0.25) is 0 Å². The molecule has 0 aliphatic carbocycles. The fourth-order valence-corrected chi connectivity index (χ4v) is 2.76. The fourth-order valence-electron chi connectivity index (χ4n) is 2.11. The Bertz CT molecular complexity index is 451. The highest BCUT2D eigenvalue weighted by atomic mass is 127. The number of hydrogen-bond donors (Lipinski definition) is 2. The van der Waals surface area contributed by atoms with Gasteiger partial charge >= 0.3 is 0 Å². The lowest BCUT2D eigenvalue weighted by molar-refractivity contribution is -0.115. The van der Waals surface area contributed by atoms with Crippen LogP contribution in [0, 0.1) is 10.5 Å². The number of amides is 1. The largest absolute Gasteiger partial charge is 0.377 e. The highest BCUT2D eigenvalue weighted by Gasteiger charge is 2.15. The molecule has 2 rings (SSSR count). The molecule has 1 aromatic rings. The van der Waals surface area contributed by atoms with Gasteiger partial charge in [-0.25, -0.2) is 0 Å². The Balaban J connectivity index is 0.00000200. The van der Waals surface area contributed by atoms with Crippen molar-refractivity contribution in [3.63, 3.8) is 0 Å². The molecule has 1 heterocycles. The Labute approximate surface area is 139 Å². The lowest BCUT2D eigenvalue weighted by atomic mass is 10.2. The van der Waals surface area contributed by atoms with Crippen LogP contribution in [-0.2, 0) is 9.53 Å². The maximum absolute atomic E-state index is 11.8. The number of hydrogen-bond acceptors (Lipinski definition) is 3. The van der Waals surface area contributed by atoms with Crippen molar-refractivity contribution in [2.75, 3.05) is 25.0 Å². The molecule has 1 aromatic carbocycles. The van der Waals surface area contributed by atoms with E-state index in [1.807, 2.05) is 19.1 Å². The molecule has 112 valence electrons. The van der Waals surface area contributed by atoms with Crippen LogP contribution in [0.1, 0.15) is 18.4 Å². The molecule has 20 heavy (non-hydrogen) atoms. The first-order chi connectivity index (χ1) is 9.15. The maximum atomic E-state index is 11.8. The second-order valence-electron chi connectivity index (χ2n) is 4.77. The predicted molar refractivity (Wildman–Crippen MR) is 91.6 cm³/mol. The summed E-state index contributed by atoms with van der Waals surface area (Å²) >= 11 is 2.26. The van der Waals surface area contributed by atoms with Crippen molar-refractivity contribution in [2.45, 2.75) is 25.9 Å². The maximum Gasteiger partial charge on any atom is 0.238 e. The topological polar surface area (TPSA) is 50.4 Å². The molecule has 0 bridgehead atoms. The third-order valence-electron chi connectivity index (χ3n) is 3.14. The molecule has 1 aliphatic rings. The van der Waals surface area contributed by atoms with E-state index in [1.165, 1.54) is 3.57 Å². The lowest BCUT2D eigenvalue weighted by Crippen LogP contribution is -2.33. The van der Waals surface area contributed by atoms with E-state index >= 15 is 0 Å². The van der Waals surface area contributed by atoms with Crippen LogP contribution >= 0.6 is 35.0 Å². The summed E-state index contributed by atoms with van der Waals surface area (Å²) in [5, 5.41) is 6.06. The molecule has 0 saturated carbocycles. The molecule has 2 N–H and O–H groups in total. The number of benzene rings is 1. The normalized spacial score (nSPS) is 17.6. The van der Waals surface area contributed by atoms with E-state index in [4.69, 9.17) is 4.74 Å². The minimum atomic E-state index is -0.0118. The van der Waals surface area contributed by atoms with Gasteiger partial charge in [-0.05, 0) is 66.1 Å². The van der Waals surface area contributed by atoms with Gasteiger partial charge in [0.15, 0.2) is 0 Å². The molecule has 0 aromatic heterocycles. The van der Waals surface area contributed by atoms with Gasteiger partial charge in [0.1, 0.15) is 0 Å². The van der Waals surface area contributed by atoms with E-state index in [2.05, 4.69) is 39.3 Å². The fraction of sp³-hybridized carbons (Fsp3) is 0.500. The number of carbonyl (C=O) groups is 1. The highest BCUT2D eigenvalue weighted by molar-refractivity contribution is 14.1. The Hall–Kier alpha value is -0.370. The molecular formula is C14H20ClIN2O2. The smallest absolute Gasteiger partial charge is 0.238 e. The van der Waals surface area contributed by atoms with E-state index in [0.29, 0.717) is 6.54 Å². The number of aryl methyl sites for hydroxylation is 1. The first-order valence-electron chi connectivity index (χ1n) is 6.53. The van der Waals surface area contributed by atoms with E-state index in [1.54, 1.807) is 0 Å². The van der Waals surface area contributed by atoms with Crippen LogP contribution in [0.4, 0.5) is 5.69 Å². The molecule has 1 aliphatic heterocycles. The Morgan fingerprint density at radius 3 is 2.95 bits per heavy atom. The standard InChI is InChI=1S/C14H19IN2O2.ClH/c1-10-7-11(15)4-5-13(10)17-14(18)9-16-8-12-3-2-6-19-12;/h4-5,7,12,16H,2-3,6,8-9H2,1H3,(H,17,18);1H. The van der Waals surface area contributed by atoms with Crippen molar-refractivity contribution < 1.29 is 9.53 Å². The summed E-state index contributed by atoms with van der Waals surface area (Å²) in [4.78, 5) is 11.8. The van der Waals surface area contributed by atoms with E-state index in [9.17, 15) is 4.79 Å². The molecular weight excluding hydrogens is 391 g/mol. The number of ether oxygens (including phenoxy) is 1. The van der Waals surface area contributed by atoms with Crippen molar-refractivity contribution in [3.05, 3.63) is 27.3 Å². The van der Waals surface area contributed by atoms with Gasteiger partial charge in [0.25, 0.3) is 0 Å². The van der Waals surface area contributed by atoms with Gasteiger partial charge in [-0.2, -0.15) is 0 Å². The van der Waals surface area contributed by atoms with Crippen LogP contribution < -0.4 is 10.6 Å². The minimum absolute atomic E-state index is 0. The number of rotatable bonds is 5. The van der Waals surface area contributed by atoms with Crippen molar-refractivity contribution in [2.24, 2.45) is 0 Å². The molecule has 1 saturated heterocycles. The monoisotopic (exact) mass is 410 g/mol. The summed E-state index contributed by atoms with van der Waals surface area (Å²) in [6.45, 7) is 3.92. The summed E-state index contributed by atoms with van der Waals surface area (Å²) in [5.41, 5.74) is 1.96. The summed E-state index contributed by atoms with van der Waals surface area (Å²) < 4.78 is 6.66. The van der Waals surface area contributed by atoms with Crippen LogP contribution in [0.3, 0.4) is 0 Å². The van der Waals surface area contributed by atoms with Crippen molar-refractivity contribution in [1.82, 2.24) is 5.32 Å². The van der Waals surface area contributed by atoms with E-state index < -0.39 is 0 Å². The molecule has 0 spiro atoms. The first kappa shape index (κ1) is 17.7. The number of nitrogens with one attached hydrogen (secondary N) is 2. The summed E-state index contributed by atoms with van der Waals surface area (Å²) in [6, 6.07) is 5.98. The second kappa shape index (κ2) is 8.81. The van der Waals surface area contributed by atoms with Gasteiger partial charge in [-0.1, -0.05) is 0 Å². The zero-order chi connectivity index (χ0) is 13.7. The van der Waals surface area contributed by atoms with Crippen molar-refractivity contribution >= 4 is 46.6 Å². The molecule has 1 fully saturated rings. The van der Waals surface area contributed by atoms with E-state index in [-0.39, 0.29) is 24.4 Å². The van der Waals surface area contributed by atoms with E-state index in [0.717, 1.165) is 37.2 Å². The lowest BCUT2D eigenvalue weighted by Gasteiger charge is -2.12. The van der Waals surface area contributed by atoms with Crippen LogP contribution in [0.5, 0.6) is 0 Å². The summed E-state index contributed by atoms with van der Waals surface area (Å²) in [5.74, 6) is -0.0118. The molecule has 0 radical (unpaired) electrons. The Kier molecular flexibility index (Phi) is 7.79. The minimum Gasteiger partial charge on any atom is -0.377 e. The molecule has 1 atom stereocenters.